The average molecular weight is 359 g/mol. The third-order valence-electron chi connectivity index (χ3n) is 4.13. The van der Waals surface area contributed by atoms with E-state index in [0.29, 0.717) is 12.3 Å². The van der Waals surface area contributed by atoms with Gasteiger partial charge in [-0.15, -0.1) is 0 Å². The first-order valence-electron chi connectivity index (χ1n) is 8.70. The maximum absolute atomic E-state index is 12.0. The summed E-state index contributed by atoms with van der Waals surface area (Å²) in [5.41, 5.74) is 1.73. The number of H-pyrrole nitrogens is 1. The van der Waals surface area contributed by atoms with E-state index in [-0.39, 0.29) is 18.9 Å². The number of fused-ring (bicyclic) bond motifs is 1. The van der Waals surface area contributed by atoms with Crippen molar-refractivity contribution in [2.45, 2.75) is 39.2 Å². The van der Waals surface area contributed by atoms with E-state index in [2.05, 4.69) is 15.6 Å². The van der Waals surface area contributed by atoms with Gasteiger partial charge in [0, 0.05) is 29.9 Å². The minimum absolute atomic E-state index is 0.159. The number of benzene rings is 1. The van der Waals surface area contributed by atoms with Crippen molar-refractivity contribution in [2.75, 3.05) is 6.54 Å². The molecule has 26 heavy (non-hydrogen) atoms. The smallest absolute Gasteiger partial charge is 0.326 e. The fourth-order valence-corrected chi connectivity index (χ4v) is 2.65. The largest absolute Gasteiger partial charge is 0.480 e. The van der Waals surface area contributed by atoms with Gasteiger partial charge in [-0.05, 0) is 24.0 Å². The van der Waals surface area contributed by atoms with Crippen LogP contribution in [0, 0.1) is 5.92 Å². The lowest BCUT2D eigenvalue weighted by Crippen LogP contribution is -2.46. The van der Waals surface area contributed by atoms with Crippen molar-refractivity contribution >= 4 is 28.7 Å². The van der Waals surface area contributed by atoms with Crippen molar-refractivity contribution in [3.05, 3.63) is 36.0 Å². The molecule has 0 aliphatic rings. The van der Waals surface area contributed by atoms with Crippen molar-refractivity contribution in [2.24, 2.45) is 5.92 Å². The van der Waals surface area contributed by atoms with E-state index in [1.165, 1.54) is 0 Å². The Labute approximate surface area is 152 Å². The molecule has 2 rings (SSSR count). The highest BCUT2D eigenvalue weighted by Gasteiger charge is 2.22. The van der Waals surface area contributed by atoms with Crippen LogP contribution in [0.15, 0.2) is 30.5 Å². The van der Waals surface area contributed by atoms with E-state index in [4.69, 9.17) is 0 Å². The summed E-state index contributed by atoms with van der Waals surface area (Å²) in [7, 11) is 0. The Balaban J connectivity index is 1.90. The highest BCUT2D eigenvalue weighted by Crippen LogP contribution is 2.19. The molecule has 140 valence electrons. The molecular weight excluding hydrogens is 334 g/mol. The van der Waals surface area contributed by atoms with Gasteiger partial charge in [-0.3, -0.25) is 9.59 Å². The number of aromatic nitrogens is 1. The molecule has 1 atom stereocenters. The molecule has 0 saturated carbocycles. The molecule has 0 aliphatic heterocycles. The fraction of sp³-hybridized carbons (Fsp3) is 0.421. The summed E-state index contributed by atoms with van der Waals surface area (Å²) in [5.74, 6) is -1.44. The normalized spacial score (nSPS) is 12.1. The van der Waals surface area contributed by atoms with Gasteiger partial charge in [-0.25, -0.2) is 4.79 Å². The number of nitrogens with one attached hydrogen (secondary N) is 3. The monoisotopic (exact) mass is 359 g/mol. The van der Waals surface area contributed by atoms with Gasteiger partial charge >= 0.3 is 5.97 Å². The minimum atomic E-state index is -1.12. The maximum atomic E-state index is 12.0. The van der Waals surface area contributed by atoms with Crippen LogP contribution >= 0.6 is 0 Å². The third-order valence-corrected chi connectivity index (χ3v) is 4.13. The highest BCUT2D eigenvalue weighted by molar-refractivity contribution is 5.89. The summed E-state index contributed by atoms with van der Waals surface area (Å²) in [4.78, 5) is 38.2. The number of carbonyl (C=O) groups excluding carboxylic acids is 2. The van der Waals surface area contributed by atoms with Crippen LogP contribution in [-0.4, -0.2) is 40.5 Å². The van der Waals surface area contributed by atoms with E-state index in [9.17, 15) is 19.5 Å². The summed E-state index contributed by atoms with van der Waals surface area (Å²) in [6.45, 7) is 3.80. The zero-order valence-electron chi connectivity index (χ0n) is 15.0. The number of rotatable bonds is 9. The van der Waals surface area contributed by atoms with Crippen molar-refractivity contribution in [1.82, 2.24) is 15.6 Å². The number of hydrogen-bond acceptors (Lipinski definition) is 3. The second kappa shape index (κ2) is 9.03. The molecule has 1 aromatic heterocycles. The minimum Gasteiger partial charge on any atom is -0.480 e. The Morgan fingerprint density at radius 1 is 1.15 bits per heavy atom. The van der Waals surface area contributed by atoms with Crippen LogP contribution in [0.25, 0.3) is 10.9 Å². The Hall–Kier alpha value is -2.83. The molecule has 2 aromatic rings. The predicted molar refractivity (Wildman–Crippen MR) is 98.7 cm³/mol. The van der Waals surface area contributed by atoms with E-state index in [1.807, 2.05) is 38.1 Å². The van der Waals surface area contributed by atoms with Crippen molar-refractivity contribution in [3.63, 3.8) is 0 Å². The summed E-state index contributed by atoms with van der Waals surface area (Å²) in [6.07, 6.45) is 3.00. The van der Waals surface area contributed by atoms with Gasteiger partial charge in [0.05, 0.1) is 6.54 Å². The van der Waals surface area contributed by atoms with Crippen LogP contribution in [0.4, 0.5) is 0 Å². The molecule has 0 aliphatic carbocycles. The Morgan fingerprint density at radius 3 is 2.58 bits per heavy atom. The molecule has 1 aromatic carbocycles. The van der Waals surface area contributed by atoms with Gasteiger partial charge in [-0.1, -0.05) is 32.0 Å². The lowest BCUT2D eigenvalue weighted by Gasteiger charge is -2.15. The summed E-state index contributed by atoms with van der Waals surface area (Å²) in [6, 6.07) is 6.51. The molecule has 0 bridgehead atoms. The van der Waals surface area contributed by atoms with Crippen LogP contribution in [-0.2, 0) is 20.8 Å². The third kappa shape index (κ3) is 5.61. The molecule has 0 fully saturated rings. The van der Waals surface area contributed by atoms with E-state index in [1.54, 1.807) is 6.20 Å². The van der Waals surface area contributed by atoms with Crippen LogP contribution in [0.3, 0.4) is 0 Å². The first-order chi connectivity index (χ1) is 12.4. The van der Waals surface area contributed by atoms with Crippen molar-refractivity contribution in [1.29, 1.82) is 0 Å². The average Bonchev–Trinajstić information content (AvgIpc) is 3.00. The lowest BCUT2D eigenvalue weighted by atomic mass is 10.0. The quantitative estimate of drug-likeness (QED) is 0.547. The van der Waals surface area contributed by atoms with E-state index >= 15 is 0 Å². The van der Waals surface area contributed by atoms with Crippen molar-refractivity contribution < 1.29 is 19.5 Å². The number of aliphatic carboxylic acids is 1. The summed E-state index contributed by atoms with van der Waals surface area (Å²) >= 11 is 0. The van der Waals surface area contributed by atoms with Crippen LogP contribution in [0.5, 0.6) is 0 Å². The highest BCUT2D eigenvalue weighted by atomic mass is 16.4. The molecule has 1 heterocycles. The topological polar surface area (TPSA) is 111 Å². The fourth-order valence-electron chi connectivity index (χ4n) is 2.65. The summed E-state index contributed by atoms with van der Waals surface area (Å²) in [5, 5.41) is 15.3. The van der Waals surface area contributed by atoms with Gasteiger partial charge in [0.25, 0.3) is 0 Å². The molecular formula is C19H25N3O4. The Bertz CT molecular complexity index is 782. The number of carboxylic acids is 1. The first kappa shape index (κ1) is 19.5. The van der Waals surface area contributed by atoms with Gasteiger partial charge in [0.15, 0.2) is 0 Å². The number of hydrogen-bond donors (Lipinski definition) is 4. The zero-order valence-corrected chi connectivity index (χ0v) is 15.0. The van der Waals surface area contributed by atoms with E-state index < -0.39 is 17.9 Å². The number of para-hydroxylation sites is 1. The standard InChI is InChI=1S/C19H25N3O4/c1-12(2)7-8-17(23)21-11-18(24)22-16(19(25)26)9-13-10-20-15-6-4-3-5-14(13)15/h3-6,10,12,16,20H,7-9,11H2,1-2H3,(H,21,23)(H,22,24)(H,25,26)/t16-/m1/s1. The van der Waals surface area contributed by atoms with Gasteiger partial charge in [0.1, 0.15) is 6.04 Å². The number of carboxylic acid groups (broad SMARTS) is 1. The lowest BCUT2D eigenvalue weighted by molar-refractivity contribution is -0.141. The number of carbonyl (C=O) groups is 3. The van der Waals surface area contributed by atoms with Gasteiger partial charge < -0.3 is 20.7 Å². The zero-order chi connectivity index (χ0) is 19.1. The van der Waals surface area contributed by atoms with Gasteiger partial charge in [0.2, 0.25) is 11.8 Å². The SMILES string of the molecule is CC(C)CCC(=O)NCC(=O)N[C@H](Cc1c[nH]c2ccccc12)C(=O)O. The van der Waals surface area contributed by atoms with Gasteiger partial charge in [-0.2, -0.15) is 0 Å². The molecule has 7 nitrogen and oxygen atoms in total. The molecule has 0 radical (unpaired) electrons. The molecule has 0 unspecified atom stereocenters. The van der Waals surface area contributed by atoms with Crippen LogP contribution in [0.1, 0.15) is 32.3 Å². The summed E-state index contributed by atoms with van der Waals surface area (Å²) < 4.78 is 0. The molecule has 4 N–H and O–H groups in total. The molecule has 2 amide bonds. The second-order valence-corrected chi connectivity index (χ2v) is 6.73. The molecule has 7 heteroatoms. The predicted octanol–water partition coefficient (Wildman–Crippen LogP) is 1.83. The van der Waals surface area contributed by atoms with Crippen LogP contribution < -0.4 is 10.6 Å². The second-order valence-electron chi connectivity index (χ2n) is 6.73. The Kier molecular flexibility index (Phi) is 6.77. The maximum Gasteiger partial charge on any atom is 0.326 e. The molecule has 0 saturated heterocycles. The van der Waals surface area contributed by atoms with Crippen molar-refractivity contribution in [3.8, 4) is 0 Å². The first-order valence-corrected chi connectivity index (χ1v) is 8.70. The Morgan fingerprint density at radius 2 is 1.88 bits per heavy atom. The number of aromatic amines is 1. The molecule has 0 spiro atoms. The van der Waals surface area contributed by atoms with E-state index in [0.717, 1.165) is 22.9 Å². The number of amides is 2. The van der Waals surface area contributed by atoms with Crippen LogP contribution in [0.2, 0.25) is 0 Å².